The van der Waals surface area contributed by atoms with E-state index < -0.39 is 11.7 Å². The number of aromatic nitrogens is 4. The van der Waals surface area contributed by atoms with Crippen LogP contribution in [0, 0.1) is 12.7 Å². The van der Waals surface area contributed by atoms with E-state index in [2.05, 4.69) is 25.5 Å². The third-order valence-corrected chi connectivity index (χ3v) is 2.95. The highest BCUT2D eigenvalue weighted by Gasteiger charge is 2.12. The molecule has 0 bridgehead atoms. The number of rotatable bonds is 4. The van der Waals surface area contributed by atoms with Gasteiger partial charge < -0.3 is 9.73 Å². The Morgan fingerprint density at radius 3 is 2.87 bits per heavy atom. The number of hydrogen-bond donors (Lipinski definition) is 1. The smallest absolute Gasteiger partial charge is 0.267 e. The molecule has 1 amide bonds. The Bertz CT molecular complexity index is 832. The molecule has 23 heavy (non-hydrogen) atoms. The van der Waals surface area contributed by atoms with Gasteiger partial charge in [0.2, 0.25) is 5.89 Å². The summed E-state index contributed by atoms with van der Waals surface area (Å²) in [6.07, 6.45) is 3.11. The summed E-state index contributed by atoms with van der Waals surface area (Å²) < 4.78 is 18.5. The maximum Gasteiger partial charge on any atom is 0.267 e. The highest BCUT2D eigenvalue weighted by molar-refractivity contribution is 5.94. The zero-order valence-electron chi connectivity index (χ0n) is 12.2. The summed E-state index contributed by atoms with van der Waals surface area (Å²) >= 11 is 0. The lowest BCUT2D eigenvalue weighted by molar-refractivity contribution is 0.0947. The van der Waals surface area contributed by atoms with Crippen LogP contribution in [-0.4, -0.2) is 26.1 Å². The molecule has 0 saturated carbocycles. The SMILES string of the molecule is Cc1cnc(-c2nnc(CNC(=O)c3cccc(F)c3)o2)cn1. The van der Waals surface area contributed by atoms with E-state index >= 15 is 0 Å². The van der Waals surface area contributed by atoms with Crippen LogP contribution in [0.15, 0.2) is 41.1 Å². The molecular formula is C15H12FN5O2. The first-order valence-corrected chi connectivity index (χ1v) is 6.77. The molecule has 1 aromatic carbocycles. The van der Waals surface area contributed by atoms with Crippen molar-refractivity contribution in [1.29, 1.82) is 0 Å². The summed E-state index contributed by atoms with van der Waals surface area (Å²) in [4.78, 5) is 20.1. The Labute approximate surface area is 130 Å². The van der Waals surface area contributed by atoms with Gasteiger partial charge in [-0.3, -0.25) is 9.78 Å². The number of nitrogens with zero attached hydrogens (tertiary/aromatic N) is 4. The molecule has 0 fully saturated rings. The molecule has 0 atom stereocenters. The summed E-state index contributed by atoms with van der Waals surface area (Å²) in [7, 11) is 0. The summed E-state index contributed by atoms with van der Waals surface area (Å²) in [5, 5.41) is 10.3. The van der Waals surface area contributed by atoms with Crippen molar-refractivity contribution in [2.45, 2.75) is 13.5 Å². The van der Waals surface area contributed by atoms with Crippen molar-refractivity contribution in [3.8, 4) is 11.6 Å². The van der Waals surface area contributed by atoms with E-state index in [1.54, 1.807) is 6.20 Å². The van der Waals surface area contributed by atoms with Crippen LogP contribution < -0.4 is 5.32 Å². The van der Waals surface area contributed by atoms with E-state index in [0.717, 1.165) is 11.8 Å². The molecular weight excluding hydrogens is 301 g/mol. The molecule has 8 heteroatoms. The quantitative estimate of drug-likeness (QED) is 0.790. The van der Waals surface area contributed by atoms with Crippen LogP contribution in [0.4, 0.5) is 4.39 Å². The van der Waals surface area contributed by atoms with Gasteiger partial charge in [-0.2, -0.15) is 0 Å². The normalized spacial score (nSPS) is 10.5. The molecule has 2 aromatic heterocycles. The van der Waals surface area contributed by atoms with E-state index in [1.165, 1.54) is 24.4 Å². The summed E-state index contributed by atoms with van der Waals surface area (Å²) in [5.74, 6) is -0.477. The van der Waals surface area contributed by atoms with E-state index in [1.807, 2.05) is 6.92 Å². The van der Waals surface area contributed by atoms with Gasteiger partial charge in [-0.05, 0) is 25.1 Å². The van der Waals surface area contributed by atoms with Gasteiger partial charge in [0.1, 0.15) is 11.5 Å². The lowest BCUT2D eigenvalue weighted by atomic mass is 10.2. The third kappa shape index (κ3) is 3.54. The molecule has 7 nitrogen and oxygen atoms in total. The predicted octanol–water partition coefficient (Wildman–Crippen LogP) is 1.90. The molecule has 2 heterocycles. The zero-order valence-corrected chi connectivity index (χ0v) is 12.2. The standard InChI is InChI=1S/C15H12FN5O2/c1-9-6-18-12(7-17-9)15-21-20-13(23-15)8-19-14(22)10-3-2-4-11(16)5-10/h2-7H,8H2,1H3,(H,19,22). The van der Waals surface area contributed by atoms with Crippen molar-refractivity contribution in [2.75, 3.05) is 0 Å². The van der Waals surface area contributed by atoms with Gasteiger partial charge in [-0.15, -0.1) is 10.2 Å². The monoisotopic (exact) mass is 313 g/mol. The zero-order chi connectivity index (χ0) is 16.2. The van der Waals surface area contributed by atoms with Gasteiger partial charge in [0.05, 0.1) is 18.4 Å². The second-order valence-corrected chi connectivity index (χ2v) is 4.74. The molecule has 0 radical (unpaired) electrons. The predicted molar refractivity (Wildman–Crippen MR) is 77.6 cm³/mol. The number of carbonyl (C=O) groups is 1. The summed E-state index contributed by atoms with van der Waals surface area (Å²) in [6.45, 7) is 1.85. The number of amides is 1. The first-order chi connectivity index (χ1) is 11.1. The number of hydrogen-bond acceptors (Lipinski definition) is 6. The maximum atomic E-state index is 13.1. The molecule has 0 saturated heterocycles. The average Bonchev–Trinajstić information content (AvgIpc) is 3.02. The second kappa shape index (κ2) is 6.30. The topological polar surface area (TPSA) is 93.8 Å². The van der Waals surface area contributed by atoms with E-state index in [9.17, 15) is 9.18 Å². The highest BCUT2D eigenvalue weighted by Crippen LogP contribution is 2.14. The van der Waals surface area contributed by atoms with Gasteiger partial charge in [-0.25, -0.2) is 9.37 Å². The number of aryl methyl sites for hydroxylation is 1. The largest absolute Gasteiger partial charge is 0.417 e. The van der Waals surface area contributed by atoms with Crippen LogP contribution in [0.25, 0.3) is 11.6 Å². The van der Waals surface area contributed by atoms with Crippen LogP contribution in [0.5, 0.6) is 0 Å². The Balaban J connectivity index is 1.65. The van der Waals surface area contributed by atoms with E-state index in [4.69, 9.17) is 4.42 Å². The Kier molecular flexibility index (Phi) is 4.05. The van der Waals surface area contributed by atoms with Crippen molar-refractivity contribution in [3.05, 3.63) is 59.6 Å². The molecule has 0 aliphatic rings. The fourth-order valence-electron chi connectivity index (χ4n) is 1.82. The van der Waals surface area contributed by atoms with Crippen LogP contribution in [0.3, 0.4) is 0 Å². The lowest BCUT2D eigenvalue weighted by Gasteiger charge is -2.02. The highest BCUT2D eigenvalue weighted by atomic mass is 19.1. The second-order valence-electron chi connectivity index (χ2n) is 4.74. The lowest BCUT2D eigenvalue weighted by Crippen LogP contribution is -2.23. The van der Waals surface area contributed by atoms with Crippen LogP contribution in [0.1, 0.15) is 21.9 Å². The van der Waals surface area contributed by atoms with Gasteiger partial charge >= 0.3 is 0 Å². The Hall–Kier alpha value is -3.16. The minimum Gasteiger partial charge on any atom is -0.417 e. The number of halogens is 1. The molecule has 0 spiro atoms. The molecule has 3 aromatic rings. The maximum absolute atomic E-state index is 13.1. The van der Waals surface area contributed by atoms with Gasteiger partial charge in [0.15, 0.2) is 0 Å². The van der Waals surface area contributed by atoms with Crippen LogP contribution in [-0.2, 0) is 6.54 Å². The first kappa shape index (κ1) is 14.8. The number of nitrogens with one attached hydrogen (secondary N) is 1. The molecule has 3 rings (SSSR count). The van der Waals surface area contributed by atoms with Crippen molar-refractivity contribution in [1.82, 2.24) is 25.5 Å². The minimum absolute atomic E-state index is 0.0294. The molecule has 0 aliphatic carbocycles. The van der Waals surface area contributed by atoms with E-state index in [0.29, 0.717) is 5.69 Å². The molecule has 0 unspecified atom stereocenters. The average molecular weight is 313 g/mol. The first-order valence-electron chi connectivity index (χ1n) is 6.77. The Morgan fingerprint density at radius 2 is 2.13 bits per heavy atom. The van der Waals surface area contributed by atoms with Gasteiger partial charge in [-0.1, -0.05) is 6.07 Å². The van der Waals surface area contributed by atoms with Crippen molar-refractivity contribution >= 4 is 5.91 Å². The summed E-state index contributed by atoms with van der Waals surface area (Å²) in [5.41, 5.74) is 1.44. The third-order valence-electron chi connectivity index (χ3n) is 2.95. The van der Waals surface area contributed by atoms with Gasteiger partial charge in [0.25, 0.3) is 11.8 Å². The van der Waals surface area contributed by atoms with Crippen LogP contribution >= 0.6 is 0 Å². The molecule has 0 aliphatic heterocycles. The molecule has 1 N–H and O–H groups in total. The van der Waals surface area contributed by atoms with Gasteiger partial charge in [0, 0.05) is 11.8 Å². The Morgan fingerprint density at radius 1 is 1.26 bits per heavy atom. The molecule has 116 valence electrons. The fraction of sp³-hybridized carbons (Fsp3) is 0.133. The fourth-order valence-corrected chi connectivity index (χ4v) is 1.82. The van der Waals surface area contributed by atoms with Crippen molar-refractivity contribution < 1.29 is 13.6 Å². The number of benzene rings is 1. The van der Waals surface area contributed by atoms with Crippen molar-refractivity contribution in [3.63, 3.8) is 0 Å². The van der Waals surface area contributed by atoms with Crippen molar-refractivity contribution in [2.24, 2.45) is 0 Å². The van der Waals surface area contributed by atoms with Crippen LogP contribution in [0.2, 0.25) is 0 Å². The minimum atomic E-state index is -0.476. The van der Waals surface area contributed by atoms with E-state index in [-0.39, 0.29) is 23.9 Å². The summed E-state index contributed by atoms with van der Waals surface area (Å²) in [6, 6.07) is 5.39. The number of carbonyl (C=O) groups excluding carboxylic acids is 1.